The molecule has 0 unspecified atom stereocenters. The number of rotatable bonds is 1. The number of hydrogen-bond acceptors (Lipinski definition) is 0. The lowest BCUT2D eigenvalue weighted by atomic mass is 9.96. The molecule has 0 saturated carbocycles. The molecule has 0 saturated heterocycles. The summed E-state index contributed by atoms with van der Waals surface area (Å²) in [5.41, 5.74) is 1.19. The van der Waals surface area contributed by atoms with Crippen molar-refractivity contribution in [3.63, 3.8) is 0 Å². The normalized spacial score (nSPS) is 11.2. The molecule has 20 heavy (non-hydrogen) atoms. The van der Waals surface area contributed by atoms with Gasteiger partial charge in [-0.05, 0) is 50.0 Å². The summed E-state index contributed by atoms with van der Waals surface area (Å²) in [4.78, 5) is 0. The van der Waals surface area contributed by atoms with E-state index in [0.29, 0.717) is 0 Å². The zero-order chi connectivity index (χ0) is 13.5. The molecular formula is C20H14. The maximum Gasteiger partial charge on any atom is -0.00988 e. The van der Waals surface area contributed by atoms with Gasteiger partial charge in [-0.1, -0.05) is 67.3 Å². The van der Waals surface area contributed by atoms with Crippen LogP contribution < -0.4 is 0 Å². The van der Waals surface area contributed by atoms with Gasteiger partial charge in [0.05, 0.1) is 0 Å². The molecule has 0 heteroatoms. The van der Waals surface area contributed by atoms with E-state index in [2.05, 4.69) is 73.3 Å². The Hall–Kier alpha value is -2.60. The smallest absolute Gasteiger partial charge is 0.00988 e. The fourth-order valence-corrected chi connectivity index (χ4v) is 2.98. The molecule has 0 aliphatic carbocycles. The van der Waals surface area contributed by atoms with E-state index in [-0.39, 0.29) is 0 Å². The summed E-state index contributed by atoms with van der Waals surface area (Å²) < 4.78 is 0. The van der Waals surface area contributed by atoms with Gasteiger partial charge in [0.2, 0.25) is 0 Å². The van der Waals surface area contributed by atoms with Crippen LogP contribution in [0, 0.1) is 0 Å². The van der Waals surface area contributed by atoms with Gasteiger partial charge in [0.1, 0.15) is 0 Å². The summed E-state index contributed by atoms with van der Waals surface area (Å²) in [6, 6.07) is 23.9. The predicted octanol–water partition coefficient (Wildman–Crippen LogP) is 5.79. The van der Waals surface area contributed by atoms with Crippen LogP contribution in [0.1, 0.15) is 5.56 Å². The van der Waals surface area contributed by atoms with Crippen molar-refractivity contribution >= 4 is 38.4 Å². The quantitative estimate of drug-likeness (QED) is 0.298. The molecule has 0 N–H and O–H groups in total. The molecule has 0 heterocycles. The highest BCUT2D eigenvalue weighted by Gasteiger charge is 2.04. The summed E-state index contributed by atoms with van der Waals surface area (Å²) in [6.45, 7) is 3.91. The van der Waals surface area contributed by atoms with Crippen LogP contribution >= 0.6 is 0 Å². The minimum atomic E-state index is 1.19. The zero-order valence-corrected chi connectivity index (χ0v) is 11.1. The van der Waals surface area contributed by atoms with Crippen molar-refractivity contribution < 1.29 is 0 Å². The monoisotopic (exact) mass is 254 g/mol. The van der Waals surface area contributed by atoms with E-state index in [0.717, 1.165) is 0 Å². The number of hydrogen-bond donors (Lipinski definition) is 0. The van der Waals surface area contributed by atoms with Crippen molar-refractivity contribution in [3.05, 3.63) is 78.9 Å². The van der Waals surface area contributed by atoms with Gasteiger partial charge in [-0.15, -0.1) is 0 Å². The highest BCUT2D eigenvalue weighted by atomic mass is 14.1. The second kappa shape index (κ2) is 4.21. The van der Waals surface area contributed by atoms with Crippen LogP contribution in [0.2, 0.25) is 0 Å². The Morgan fingerprint density at radius 1 is 0.600 bits per heavy atom. The van der Waals surface area contributed by atoms with Crippen molar-refractivity contribution in [3.8, 4) is 0 Å². The van der Waals surface area contributed by atoms with Crippen LogP contribution in [0.25, 0.3) is 38.4 Å². The lowest BCUT2D eigenvalue weighted by molar-refractivity contribution is 1.74. The van der Waals surface area contributed by atoms with Crippen molar-refractivity contribution in [2.45, 2.75) is 0 Å². The standard InChI is InChI=1S/C20H14/c1-2-14-8-5-9-19-18(14)11-10-17-12-15-6-3-4-7-16(15)13-20(17)19/h2-13H,1H2. The lowest BCUT2D eigenvalue weighted by Crippen LogP contribution is -1.82. The van der Waals surface area contributed by atoms with E-state index >= 15 is 0 Å². The maximum atomic E-state index is 3.91. The third-order valence-electron chi connectivity index (χ3n) is 4.00. The van der Waals surface area contributed by atoms with Gasteiger partial charge in [0, 0.05) is 0 Å². The summed E-state index contributed by atoms with van der Waals surface area (Å²) in [5.74, 6) is 0. The van der Waals surface area contributed by atoms with Crippen LogP contribution in [0.5, 0.6) is 0 Å². The van der Waals surface area contributed by atoms with Crippen LogP contribution in [0.3, 0.4) is 0 Å². The molecule has 0 aromatic heterocycles. The molecular weight excluding hydrogens is 240 g/mol. The molecule has 94 valence electrons. The van der Waals surface area contributed by atoms with Crippen molar-refractivity contribution in [1.82, 2.24) is 0 Å². The Bertz CT molecular complexity index is 961. The van der Waals surface area contributed by atoms with Crippen molar-refractivity contribution in [2.75, 3.05) is 0 Å². The molecule has 0 spiro atoms. The molecule has 0 fully saturated rings. The molecule has 4 aromatic carbocycles. The highest BCUT2D eigenvalue weighted by molar-refractivity contribution is 6.13. The van der Waals surface area contributed by atoms with Gasteiger partial charge in [-0.2, -0.15) is 0 Å². The SMILES string of the molecule is C=Cc1cccc2c1ccc1cc3ccccc3cc12. The maximum absolute atomic E-state index is 3.91. The third kappa shape index (κ3) is 1.55. The minimum absolute atomic E-state index is 1.19. The molecule has 0 amide bonds. The first kappa shape index (κ1) is 11.2. The van der Waals surface area contributed by atoms with E-state index in [1.54, 1.807) is 0 Å². The van der Waals surface area contributed by atoms with Gasteiger partial charge < -0.3 is 0 Å². The van der Waals surface area contributed by atoms with E-state index < -0.39 is 0 Å². The van der Waals surface area contributed by atoms with Crippen molar-refractivity contribution in [2.24, 2.45) is 0 Å². The first-order valence-corrected chi connectivity index (χ1v) is 6.83. The topological polar surface area (TPSA) is 0 Å². The van der Waals surface area contributed by atoms with E-state index in [9.17, 15) is 0 Å². The Balaban J connectivity index is 2.23. The van der Waals surface area contributed by atoms with Crippen LogP contribution in [0.4, 0.5) is 0 Å². The Kier molecular flexibility index (Phi) is 2.37. The fourth-order valence-electron chi connectivity index (χ4n) is 2.98. The van der Waals surface area contributed by atoms with Gasteiger partial charge >= 0.3 is 0 Å². The molecule has 0 bridgehead atoms. The lowest BCUT2D eigenvalue weighted by Gasteiger charge is -2.08. The van der Waals surface area contributed by atoms with E-state index in [1.165, 1.54) is 37.9 Å². The van der Waals surface area contributed by atoms with Gasteiger partial charge in [-0.3, -0.25) is 0 Å². The molecule has 4 rings (SSSR count). The zero-order valence-electron chi connectivity index (χ0n) is 11.1. The Morgan fingerprint density at radius 2 is 1.40 bits per heavy atom. The third-order valence-corrected chi connectivity index (χ3v) is 4.00. The van der Waals surface area contributed by atoms with Crippen LogP contribution in [-0.2, 0) is 0 Å². The first-order valence-electron chi connectivity index (χ1n) is 6.83. The van der Waals surface area contributed by atoms with Gasteiger partial charge in [-0.25, -0.2) is 0 Å². The highest BCUT2D eigenvalue weighted by Crippen LogP contribution is 2.31. The first-order chi connectivity index (χ1) is 9.86. The van der Waals surface area contributed by atoms with Gasteiger partial charge in [0.25, 0.3) is 0 Å². The fraction of sp³-hybridized carbons (Fsp3) is 0. The number of fused-ring (bicyclic) bond motifs is 4. The predicted molar refractivity (Wildman–Crippen MR) is 89.1 cm³/mol. The molecule has 0 atom stereocenters. The van der Waals surface area contributed by atoms with Crippen LogP contribution in [0.15, 0.2) is 73.3 Å². The van der Waals surface area contributed by atoms with E-state index in [1.807, 2.05) is 6.08 Å². The minimum Gasteiger partial charge on any atom is -0.0984 e. The summed E-state index contributed by atoms with van der Waals surface area (Å²) in [6.07, 6.45) is 1.93. The molecule has 0 aliphatic rings. The van der Waals surface area contributed by atoms with Gasteiger partial charge in [0.15, 0.2) is 0 Å². The van der Waals surface area contributed by atoms with Crippen LogP contribution in [-0.4, -0.2) is 0 Å². The largest absolute Gasteiger partial charge is 0.0984 e. The molecule has 0 nitrogen and oxygen atoms in total. The molecule has 0 aliphatic heterocycles. The number of benzene rings is 4. The Morgan fingerprint density at radius 3 is 2.20 bits per heavy atom. The summed E-state index contributed by atoms with van der Waals surface area (Å²) in [7, 11) is 0. The Labute approximate surface area is 118 Å². The molecule has 0 radical (unpaired) electrons. The van der Waals surface area contributed by atoms with Crippen molar-refractivity contribution in [1.29, 1.82) is 0 Å². The summed E-state index contributed by atoms with van der Waals surface area (Å²) in [5, 5.41) is 7.74. The summed E-state index contributed by atoms with van der Waals surface area (Å²) >= 11 is 0. The van der Waals surface area contributed by atoms with E-state index in [4.69, 9.17) is 0 Å². The average Bonchev–Trinajstić information content (AvgIpc) is 2.52. The molecule has 4 aromatic rings. The average molecular weight is 254 g/mol. The second-order valence-corrected chi connectivity index (χ2v) is 5.13. The second-order valence-electron chi connectivity index (χ2n) is 5.13.